The van der Waals surface area contributed by atoms with Crippen LogP contribution in [0.2, 0.25) is 0 Å². The number of rotatable bonds is 8. The van der Waals surface area contributed by atoms with Gasteiger partial charge in [-0.3, -0.25) is 14.5 Å². The number of thiazole rings is 1. The predicted octanol–water partition coefficient (Wildman–Crippen LogP) is -0.330. The number of aromatic nitrogens is 1. The van der Waals surface area contributed by atoms with Gasteiger partial charge >= 0.3 is 11.9 Å². The second-order valence-corrected chi connectivity index (χ2v) is 8.54. The number of carbonyl (C=O) groups excluding carboxylic acids is 3. The third-order valence-electron chi connectivity index (χ3n) is 4.35. The van der Waals surface area contributed by atoms with E-state index in [-0.39, 0.29) is 28.8 Å². The molecule has 0 saturated carbocycles. The molecule has 0 aliphatic carbocycles. The van der Waals surface area contributed by atoms with Crippen molar-refractivity contribution >= 4 is 57.7 Å². The molecule has 170 valence electrons. The van der Waals surface area contributed by atoms with E-state index in [1.54, 1.807) is 12.2 Å². The molecule has 32 heavy (non-hydrogen) atoms. The number of allylic oxidation sites excluding steroid dienone is 1. The predicted molar refractivity (Wildman–Crippen MR) is 115 cm³/mol. The highest BCUT2D eigenvalue weighted by Gasteiger charge is 2.54. The lowest BCUT2D eigenvalue weighted by atomic mass is 10.0. The van der Waals surface area contributed by atoms with Crippen LogP contribution in [0.5, 0.6) is 0 Å². The number of amides is 2. The highest BCUT2D eigenvalue weighted by atomic mass is 32.2. The molecule has 3 rings (SSSR count). The normalized spacial score (nSPS) is 20.8. The Morgan fingerprint density at radius 3 is 2.81 bits per heavy atom. The lowest BCUT2D eigenvalue weighted by Gasteiger charge is -2.49. The van der Waals surface area contributed by atoms with Gasteiger partial charge < -0.3 is 26.1 Å². The Balaban J connectivity index is 1.80. The van der Waals surface area contributed by atoms with Gasteiger partial charge in [0.1, 0.15) is 22.8 Å². The number of carboxylic acid groups (broad SMARTS) is 1. The molecular formula is C18H19N5O7S2. The van der Waals surface area contributed by atoms with Crippen LogP contribution in [0, 0.1) is 0 Å². The van der Waals surface area contributed by atoms with Crippen molar-refractivity contribution in [1.29, 1.82) is 0 Å². The van der Waals surface area contributed by atoms with Crippen LogP contribution in [0.4, 0.5) is 5.13 Å². The first-order chi connectivity index (χ1) is 15.2. The minimum Gasteiger partial charge on any atom is -0.477 e. The lowest BCUT2D eigenvalue weighted by molar-refractivity contribution is -0.150. The Morgan fingerprint density at radius 1 is 1.47 bits per heavy atom. The molecule has 0 spiro atoms. The number of fused-ring (bicyclic) bond motifs is 1. The van der Waals surface area contributed by atoms with E-state index in [1.807, 2.05) is 0 Å². The van der Waals surface area contributed by atoms with Crippen LogP contribution in [0.15, 0.2) is 34.0 Å². The summed E-state index contributed by atoms with van der Waals surface area (Å²) in [5, 5.41) is 25.5. The molecule has 12 nitrogen and oxygen atoms in total. The van der Waals surface area contributed by atoms with Gasteiger partial charge in [-0.15, -0.1) is 23.1 Å². The molecule has 1 saturated heterocycles. The summed E-state index contributed by atoms with van der Waals surface area (Å²) in [5.41, 5.74) is 5.57. The topological polar surface area (TPSA) is 185 Å². The molecule has 2 aliphatic heterocycles. The first-order valence-electron chi connectivity index (χ1n) is 9.21. The van der Waals surface area contributed by atoms with Gasteiger partial charge in [-0.25, -0.2) is 14.6 Å². The van der Waals surface area contributed by atoms with Crippen LogP contribution in [0.3, 0.4) is 0 Å². The van der Waals surface area contributed by atoms with Crippen molar-refractivity contribution in [3.8, 4) is 0 Å². The Kier molecular flexibility index (Phi) is 7.27. The lowest BCUT2D eigenvalue weighted by Crippen LogP contribution is -2.71. The van der Waals surface area contributed by atoms with Gasteiger partial charge in [0.15, 0.2) is 10.8 Å². The van der Waals surface area contributed by atoms with Crippen molar-refractivity contribution in [2.24, 2.45) is 5.16 Å². The maximum absolute atomic E-state index is 12.8. The molecule has 1 fully saturated rings. The zero-order valence-corrected chi connectivity index (χ0v) is 18.3. The summed E-state index contributed by atoms with van der Waals surface area (Å²) in [4.78, 5) is 58.0. The number of aliphatic hydroxyl groups excluding tert-OH is 1. The number of oxime groups is 1. The maximum atomic E-state index is 12.8. The number of carbonyl (C=O) groups is 4. The highest BCUT2D eigenvalue weighted by Crippen LogP contribution is 2.40. The molecule has 1 aromatic rings. The number of aliphatic carboxylic acids is 1. The van der Waals surface area contributed by atoms with E-state index >= 15 is 0 Å². The highest BCUT2D eigenvalue weighted by molar-refractivity contribution is 8.00. The van der Waals surface area contributed by atoms with E-state index in [0.29, 0.717) is 17.7 Å². The van der Waals surface area contributed by atoms with E-state index in [2.05, 4.69) is 20.3 Å². The van der Waals surface area contributed by atoms with Crippen LogP contribution in [-0.2, 0) is 24.0 Å². The third kappa shape index (κ3) is 4.81. The fraction of sp³-hybridized carbons (Fsp3) is 0.333. The first-order valence-corrected chi connectivity index (χ1v) is 11.1. The molecule has 2 amide bonds. The zero-order chi connectivity index (χ0) is 23.4. The molecule has 0 radical (unpaired) electrons. The number of β-lactam (4-membered cyclic amide) rings is 1. The standard InChI is InChI=1S/C18H19N5O7S2/c1-8(25)30-22-11(10-7-32-18(19)20-10)14(26)21-12-15(27)23-13(17(28)29)9(4-2-3-5-24)6-31-16(12)23/h2,4,7,12,16,24H,3,5-6H2,1H3,(H2,19,20)(H,21,26)(H,28,29)/b4-2+,22-11?/t12-,16-/m1/s1. The molecular weight excluding hydrogens is 462 g/mol. The minimum absolute atomic E-state index is 0.0635. The molecule has 5 N–H and O–H groups in total. The SMILES string of the molecule is CC(=O)ON=C(C(=O)N[C@@H]1C(=O)N2C(C(=O)O)=C(/C=C/CCO)CS[C@H]12)c1csc(N)n1. The number of hydrogen-bond acceptors (Lipinski definition) is 11. The first kappa shape index (κ1) is 23.4. The summed E-state index contributed by atoms with van der Waals surface area (Å²) < 4.78 is 0. The van der Waals surface area contributed by atoms with Gasteiger partial charge in [-0.05, 0) is 12.0 Å². The second kappa shape index (κ2) is 9.93. The molecule has 14 heteroatoms. The summed E-state index contributed by atoms with van der Waals surface area (Å²) in [5.74, 6) is -3.17. The van der Waals surface area contributed by atoms with Gasteiger partial charge in [0.05, 0.1) is 0 Å². The fourth-order valence-electron chi connectivity index (χ4n) is 2.99. The molecule has 0 unspecified atom stereocenters. The minimum atomic E-state index is -1.27. The summed E-state index contributed by atoms with van der Waals surface area (Å²) in [7, 11) is 0. The van der Waals surface area contributed by atoms with Gasteiger partial charge in [-0.2, -0.15) is 0 Å². The summed E-state index contributed by atoms with van der Waals surface area (Å²) in [6, 6.07) is -1.01. The number of hydrogen-bond donors (Lipinski definition) is 4. The number of nitrogen functional groups attached to an aromatic ring is 1. The van der Waals surface area contributed by atoms with Crippen molar-refractivity contribution in [1.82, 2.24) is 15.2 Å². The van der Waals surface area contributed by atoms with Crippen LogP contribution in [0.25, 0.3) is 0 Å². The Labute approximate surface area is 189 Å². The van der Waals surface area contributed by atoms with Crippen LogP contribution < -0.4 is 11.1 Å². The molecule has 2 atom stereocenters. The van der Waals surface area contributed by atoms with Gasteiger partial charge in [0.2, 0.25) is 0 Å². The van der Waals surface area contributed by atoms with E-state index in [1.165, 1.54) is 17.1 Å². The average Bonchev–Trinajstić information content (AvgIpc) is 3.17. The number of nitrogens with two attached hydrogens (primary N) is 1. The zero-order valence-electron chi connectivity index (χ0n) is 16.7. The van der Waals surface area contributed by atoms with Gasteiger partial charge in [0, 0.05) is 24.7 Å². The van der Waals surface area contributed by atoms with Gasteiger partial charge in [0.25, 0.3) is 11.8 Å². The molecule has 3 heterocycles. The monoisotopic (exact) mass is 481 g/mol. The van der Waals surface area contributed by atoms with Crippen LogP contribution >= 0.6 is 23.1 Å². The molecule has 0 bridgehead atoms. The number of nitrogens with one attached hydrogen (secondary N) is 1. The molecule has 1 aromatic heterocycles. The molecule has 0 aromatic carbocycles. The van der Waals surface area contributed by atoms with E-state index in [0.717, 1.165) is 23.2 Å². The Bertz CT molecular complexity index is 1050. The van der Waals surface area contributed by atoms with Crippen molar-refractivity contribution in [3.63, 3.8) is 0 Å². The van der Waals surface area contributed by atoms with E-state index in [9.17, 15) is 24.3 Å². The summed E-state index contributed by atoms with van der Waals surface area (Å²) >= 11 is 2.33. The number of thioether (sulfide) groups is 1. The fourth-order valence-corrected chi connectivity index (χ4v) is 4.86. The number of nitrogens with zero attached hydrogens (tertiary/aromatic N) is 3. The average molecular weight is 482 g/mol. The number of carboxylic acids is 1. The van der Waals surface area contributed by atoms with E-state index < -0.39 is 35.2 Å². The van der Waals surface area contributed by atoms with Crippen molar-refractivity contribution in [2.75, 3.05) is 18.1 Å². The molecule has 2 aliphatic rings. The maximum Gasteiger partial charge on any atom is 0.352 e. The van der Waals surface area contributed by atoms with Gasteiger partial charge in [-0.1, -0.05) is 17.3 Å². The third-order valence-corrected chi connectivity index (χ3v) is 6.32. The smallest absolute Gasteiger partial charge is 0.352 e. The Morgan fingerprint density at radius 2 is 2.22 bits per heavy atom. The van der Waals surface area contributed by atoms with Crippen molar-refractivity contribution in [2.45, 2.75) is 24.8 Å². The van der Waals surface area contributed by atoms with E-state index in [4.69, 9.17) is 10.8 Å². The quantitative estimate of drug-likeness (QED) is 0.166. The second-order valence-electron chi connectivity index (χ2n) is 6.55. The number of aliphatic hydroxyl groups is 1. The number of anilines is 1. The van der Waals surface area contributed by atoms with Crippen molar-refractivity contribution < 1.29 is 34.2 Å². The Hall–Kier alpha value is -3.23. The summed E-state index contributed by atoms with van der Waals surface area (Å²) in [6.45, 7) is 1.02. The largest absolute Gasteiger partial charge is 0.477 e. The van der Waals surface area contributed by atoms with Crippen LogP contribution in [0.1, 0.15) is 19.0 Å². The summed E-state index contributed by atoms with van der Waals surface area (Å²) in [6.07, 6.45) is 3.54. The van der Waals surface area contributed by atoms with Crippen LogP contribution in [-0.4, -0.2) is 73.3 Å². The van der Waals surface area contributed by atoms with Crippen molar-refractivity contribution in [3.05, 3.63) is 34.5 Å².